The quantitative estimate of drug-likeness (QED) is 0.196. The van der Waals surface area contributed by atoms with E-state index in [0.717, 1.165) is 0 Å². The summed E-state index contributed by atoms with van der Waals surface area (Å²) < 4.78 is 3.95. The van der Waals surface area contributed by atoms with Crippen LogP contribution in [0.3, 0.4) is 0 Å². The van der Waals surface area contributed by atoms with Crippen LogP contribution in [-0.2, 0) is 32.1 Å². The number of hydrogen-bond donors (Lipinski definition) is 0. The predicted octanol–water partition coefficient (Wildman–Crippen LogP) is 13.4. The third-order valence-electron chi connectivity index (χ3n) is 12.4. The molecule has 0 bridgehead atoms. The maximum atomic E-state index is 2.78. The van der Waals surface area contributed by atoms with Crippen LogP contribution in [0.15, 0.2) is 87.7 Å². The molecule has 1 unspecified atom stereocenters. The molecular weight excluding hydrogens is 668 g/mol. The van der Waals surface area contributed by atoms with Gasteiger partial charge in [0.2, 0.25) is 0 Å². The zero-order valence-corrected chi connectivity index (χ0v) is 34.7. The SMILES string of the molecule is C[C](c1ccc2ccccc2c1)=[Zr]([C]1=CC(C2(C)CCCCC2)=CC1C)[CH]1c2cc(C)c(C(C)(C)C)cc2-c2cc(C(C)(C)C)c(C)cc21. The van der Waals surface area contributed by atoms with Crippen LogP contribution in [0, 0.1) is 25.2 Å². The van der Waals surface area contributed by atoms with Crippen LogP contribution in [0.4, 0.5) is 0 Å². The second kappa shape index (κ2) is 12.5. The Hall–Kier alpha value is -2.63. The van der Waals surface area contributed by atoms with Crippen molar-refractivity contribution in [3.05, 3.63) is 127 Å². The van der Waals surface area contributed by atoms with Crippen LogP contribution in [0.1, 0.15) is 137 Å². The zero-order valence-electron chi connectivity index (χ0n) is 32.2. The summed E-state index contributed by atoms with van der Waals surface area (Å²) in [6.45, 7) is 26.7. The maximum absolute atomic E-state index is 2.78. The molecule has 0 heterocycles. The van der Waals surface area contributed by atoms with Crippen LogP contribution in [0.5, 0.6) is 0 Å². The minimum atomic E-state index is -2.69. The molecule has 0 N–H and O–H groups in total. The van der Waals surface area contributed by atoms with Crippen molar-refractivity contribution in [2.75, 3.05) is 0 Å². The molecule has 0 spiro atoms. The van der Waals surface area contributed by atoms with Crippen LogP contribution >= 0.6 is 0 Å². The monoisotopic (exact) mass is 724 g/mol. The molecule has 3 aliphatic carbocycles. The summed E-state index contributed by atoms with van der Waals surface area (Å²) >= 11 is -2.69. The van der Waals surface area contributed by atoms with Crippen molar-refractivity contribution in [2.24, 2.45) is 11.3 Å². The number of hydrogen-bond acceptors (Lipinski definition) is 0. The van der Waals surface area contributed by atoms with Gasteiger partial charge < -0.3 is 0 Å². The molecule has 1 fully saturated rings. The van der Waals surface area contributed by atoms with E-state index < -0.39 is 21.3 Å². The Morgan fingerprint density at radius 1 is 0.714 bits per heavy atom. The molecule has 0 nitrogen and oxygen atoms in total. The predicted molar refractivity (Wildman–Crippen MR) is 211 cm³/mol. The first-order valence-corrected chi connectivity index (χ1v) is 22.9. The number of fused-ring (bicyclic) bond motifs is 4. The summed E-state index contributed by atoms with van der Waals surface area (Å²) in [5.74, 6) is 0.496. The normalized spacial score (nSPS) is 19.8. The molecule has 3 aliphatic rings. The number of allylic oxidation sites excluding steroid dienone is 4. The molecule has 1 saturated carbocycles. The van der Waals surface area contributed by atoms with Crippen molar-refractivity contribution in [3.8, 4) is 11.1 Å². The third-order valence-corrected chi connectivity index (χ3v) is 21.0. The van der Waals surface area contributed by atoms with Gasteiger partial charge in [-0.05, 0) is 0 Å². The van der Waals surface area contributed by atoms with E-state index in [1.54, 1.807) is 23.2 Å². The molecule has 4 aromatic carbocycles. The van der Waals surface area contributed by atoms with Crippen LogP contribution in [-0.4, -0.2) is 3.21 Å². The summed E-state index contributed by atoms with van der Waals surface area (Å²) in [6, 6.07) is 26.7. The van der Waals surface area contributed by atoms with Gasteiger partial charge in [-0.1, -0.05) is 0 Å². The second-order valence-corrected chi connectivity index (χ2v) is 24.9. The van der Waals surface area contributed by atoms with Gasteiger partial charge in [0.25, 0.3) is 0 Å². The molecule has 49 heavy (non-hydrogen) atoms. The van der Waals surface area contributed by atoms with Gasteiger partial charge in [0, 0.05) is 0 Å². The van der Waals surface area contributed by atoms with Crippen LogP contribution < -0.4 is 0 Å². The Morgan fingerprint density at radius 3 is 1.82 bits per heavy atom. The molecule has 1 atom stereocenters. The Balaban J connectivity index is 1.53. The average Bonchev–Trinajstić information content (AvgIpc) is 3.57. The van der Waals surface area contributed by atoms with Gasteiger partial charge in [-0.2, -0.15) is 0 Å². The summed E-state index contributed by atoms with van der Waals surface area (Å²) in [7, 11) is 0. The topological polar surface area (TPSA) is 0 Å². The van der Waals surface area contributed by atoms with Gasteiger partial charge in [0.1, 0.15) is 0 Å². The molecular formula is C48H58Zr. The summed E-state index contributed by atoms with van der Waals surface area (Å²) in [4.78, 5) is 0. The Kier molecular flexibility index (Phi) is 8.91. The Labute approximate surface area is 305 Å². The average molecular weight is 726 g/mol. The van der Waals surface area contributed by atoms with E-state index in [9.17, 15) is 0 Å². The standard InChI is InChI=1S/C23H29.C13H19.C12H10.Zr/c1-14-9-16-11-17-10-15(2)21(23(6,7)8)13-19(17)18(16)12-20(14)22(3,4)5;1-11-6-7-12(10-11)13(2)8-4-3-5-9-13;1-2-10-7-8-11-5-3-4-6-12(11)9-10;/h9-13H,1-8H3;7,10-11H,3-5,8-9H2,1-2H3;3-9H,1H3;. The van der Waals surface area contributed by atoms with E-state index in [0.29, 0.717) is 15.0 Å². The van der Waals surface area contributed by atoms with E-state index in [1.165, 1.54) is 81.8 Å². The molecule has 4 aromatic rings. The molecule has 0 aliphatic heterocycles. The van der Waals surface area contributed by atoms with Crippen molar-refractivity contribution in [1.82, 2.24) is 0 Å². The fourth-order valence-corrected chi connectivity index (χ4v) is 18.7. The molecule has 1 heteroatoms. The van der Waals surface area contributed by atoms with Crippen molar-refractivity contribution in [2.45, 2.75) is 123 Å². The van der Waals surface area contributed by atoms with Gasteiger partial charge in [-0.3, -0.25) is 0 Å². The summed E-state index contributed by atoms with van der Waals surface area (Å²) in [6.07, 6.45) is 12.3. The minimum absolute atomic E-state index is 0.0976. The van der Waals surface area contributed by atoms with Gasteiger partial charge in [-0.25, -0.2) is 0 Å². The first-order chi connectivity index (χ1) is 23.1. The molecule has 0 radical (unpaired) electrons. The van der Waals surface area contributed by atoms with Crippen molar-refractivity contribution in [1.29, 1.82) is 0 Å². The molecule has 0 aromatic heterocycles. The van der Waals surface area contributed by atoms with Crippen molar-refractivity contribution >= 4 is 14.0 Å². The third kappa shape index (κ3) is 6.20. The fraction of sp³-hybridized carbons (Fsp3) is 0.438. The van der Waals surface area contributed by atoms with Crippen molar-refractivity contribution in [3.63, 3.8) is 0 Å². The second-order valence-electron chi connectivity index (χ2n) is 18.2. The first kappa shape index (κ1) is 34.8. The number of aryl methyl sites for hydroxylation is 2. The molecule has 7 rings (SSSR count). The van der Waals surface area contributed by atoms with E-state index in [2.05, 4.69) is 155 Å². The Bertz CT molecular complexity index is 1990. The first-order valence-electron chi connectivity index (χ1n) is 19.0. The molecule has 0 amide bonds. The van der Waals surface area contributed by atoms with Gasteiger partial charge in [0.15, 0.2) is 0 Å². The van der Waals surface area contributed by atoms with Crippen LogP contribution in [0.2, 0.25) is 0 Å². The summed E-state index contributed by atoms with van der Waals surface area (Å²) in [5, 5.41) is 2.69. The molecule has 0 saturated heterocycles. The van der Waals surface area contributed by atoms with E-state index in [4.69, 9.17) is 0 Å². The van der Waals surface area contributed by atoms with Crippen LogP contribution in [0.25, 0.3) is 21.9 Å². The van der Waals surface area contributed by atoms with E-state index >= 15 is 0 Å². The fourth-order valence-electron chi connectivity index (χ4n) is 9.70. The van der Waals surface area contributed by atoms with E-state index in [1.807, 2.05) is 0 Å². The number of benzene rings is 4. The van der Waals surface area contributed by atoms with Crippen molar-refractivity contribution < 1.29 is 21.3 Å². The zero-order chi connectivity index (χ0) is 35.0. The number of rotatable bonds is 4. The van der Waals surface area contributed by atoms with Gasteiger partial charge in [0.05, 0.1) is 0 Å². The van der Waals surface area contributed by atoms with Gasteiger partial charge >= 0.3 is 307 Å². The summed E-state index contributed by atoms with van der Waals surface area (Å²) in [5.41, 5.74) is 15.7. The van der Waals surface area contributed by atoms with E-state index in [-0.39, 0.29) is 10.8 Å². The van der Waals surface area contributed by atoms with Gasteiger partial charge in [-0.15, -0.1) is 0 Å². The Morgan fingerprint density at radius 2 is 1.27 bits per heavy atom. The molecule has 254 valence electrons.